The number of nitrogens with one attached hydrogen (secondary N) is 1. The monoisotopic (exact) mass is 231 g/mol. The Hall–Kier alpha value is -0.840. The van der Waals surface area contributed by atoms with Crippen molar-refractivity contribution in [3.8, 4) is 0 Å². The summed E-state index contributed by atoms with van der Waals surface area (Å²) in [4.78, 5) is 13.8. The van der Waals surface area contributed by atoms with Crippen molar-refractivity contribution >= 4 is 23.2 Å². The molecular formula is C10H21N3OS. The van der Waals surface area contributed by atoms with Crippen molar-refractivity contribution in [2.24, 2.45) is 11.7 Å². The van der Waals surface area contributed by atoms with Gasteiger partial charge in [0.25, 0.3) is 0 Å². The molecule has 88 valence electrons. The van der Waals surface area contributed by atoms with E-state index in [1.165, 1.54) is 0 Å². The molecule has 0 aliphatic rings. The Bertz CT molecular complexity index is 219. The number of nitrogens with two attached hydrogens (primary N) is 1. The minimum atomic E-state index is -0.0394. The molecule has 0 aromatic heterocycles. The highest BCUT2D eigenvalue weighted by Gasteiger charge is 2.13. The van der Waals surface area contributed by atoms with E-state index in [9.17, 15) is 4.79 Å². The number of urea groups is 1. The van der Waals surface area contributed by atoms with E-state index in [-0.39, 0.29) is 6.03 Å². The van der Waals surface area contributed by atoms with Crippen LogP contribution in [0.3, 0.4) is 0 Å². The van der Waals surface area contributed by atoms with Crippen LogP contribution in [0.4, 0.5) is 4.79 Å². The summed E-state index contributed by atoms with van der Waals surface area (Å²) in [7, 11) is 0. The van der Waals surface area contributed by atoms with Crippen molar-refractivity contribution in [3.05, 3.63) is 0 Å². The predicted molar refractivity (Wildman–Crippen MR) is 66.9 cm³/mol. The first-order valence-corrected chi connectivity index (χ1v) is 5.69. The van der Waals surface area contributed by atoms with Gasteiger partial charge in [0.05, 0.1) is 4.99 Å². The van der Waals surface area contributed by atoms with E-state index in [4.69, 9.17) is 18.0 Å². The fourth-order valence-electron chi connectivity index (χ4n) is 1.22. The lowest BCUT2D eigenvalue weighted by Gasteiger charge is -2.24. The highest BCUT2D eigenvalue weighted by molar-refractivity contribution is 7.80. The minimum absolute atomic E-state index is 0.0394. The quantitative estimate of drug-likeness (QED) is 0.678. The Labute approximate surface area is 97.2 Å². The Morgan fingerprint density at radius 1 is 1.53 bits per heavy atom. The van der Waals surface area contributed by atoms with Crippen LogP contribution in [0.5, 0.6) is 0 Å². The number of hydrogen-bond donors (Lipinski definition) is 2. The zero-order chi connectivity index (χ0) is 11.8. The number of amides is 2. The maximum atomic E-state index is 11.6. The first-order chi connectivity index (χ1) is 6.97. The molecule has 15 heavy (non-hydrogen) atoms. The van der Waals surface area contributed by atoms with E-state index in [0.717, 1.165) is 6.54 Å². The van der Waals surface area contributed by atoms with Crippen molar-refractivity contribution in [1.29, 1.82) is 0 Å². The maximum Gasteiger partial charge on any atom is 0.317 e. The van der Waals surface area contributed by atoms with Crippen LogP contribution in [0, 0.1) is 5.92 Å². The Balaban J connectivity index is 4.16. The third-order valence-corrected chi connectivity index (χ3v) is 2.03. The van der Waals surface area contributed by atoms with Crippen molar-refractivity contribution in [2.45, 2.75) is 27.2 Å². The molecule has 0 saturated heterocycles. The second-order valence-corrected chi connectivity index (χ2v) is 4.42. The van der Waals surface area contributed by atoms with Crippen LogP contribution in [-0.2, 0) is 0 Å². The normalized spacial score (nSPS) is 10.1. The molecule has 0 unspecified atom stereocenters. The predicted octanol–water partition coefficient (Wildman–Crippen LogP) is 1.35. The molecular weight excluding hydrogens is 210 g/mol. The Morgan fingerprint density at radius 2 is 2.13 bits per heavy atom. The van der Waals surface area contributed by atoms with Crippen LogP contribution >= 0.6 is 12.2 Å². The summed E-state index contributed by atoms with van der Waals surface area (Å²) >= 11 is 4.80. The van der Waals surface area contributed by atoms with Crippen molar-refractivity contribution in [1.82, 2.24) is 10.2 Å². The summed E-state index contributed by atoms with van der Waals surface area (Å²) in [6.07, 6.45) is 0.583. The molecule has 4 nitrogen and oxygen atoms in total. The van der Waals surface area contributed by atoms with Gasteiger partial charge in [-0.25, -0.2) is 4.79 Å². The van der Waals surface area contributed by atoms with Gasteiger partial charge in [-0.1, -0.05) is 26.1 Å². The van der Waals surface area contributed by atoms with Gasteiger partial charge in [0.15, 0.2) is 0 Å². The minimum Gasteiger partial charge on any atom is -0.393 e. The average molecular weight is 231 g/mol. The van der Waals surface area contributed by atoms with E-state index in [2.05, 4.69) is 19.2 Å². The van der Waals surface area contributed by atoms with Gasteiger partial charge in [-0.15, -0.1) is 0 Å². The van der Waals surface area contributed by atoms with E-state index in [1.54, 1.807) is 4.90 Å². The molecule has 0 saturated carbocycles. The molecule has 0 aliphatic heterocycles. The van der Waals surface area contributed by atoms with Gasteiger partial charge < -0.3 is 16.0 Å². The van der Waals surface area contributed by atoms with Gasteiger partial charge in [0, 0.05) is 26.1 Å². The Morgan fingerprint density at radius 3 is 2.53 bits per heavy atom. The van der Waals surface area contributed by atoms with E-state index in [0.29, 0.717) is 30.4 Å². The SMILES string of the molecule is CCNC(=O)N(CCC(N)=S)CC(C)C. The maximum absolute atomic E-state index is 11.6. The smallest absolute Gasteiger partial charge is 0.317 e. The zero-order valence-corrected chi connectivity index (χ0v) is 10.6. The summed E-state index contributed by atoms with van der Waals surface area (Å²) in [5.74, 6) is 0.443. The molecule has 0 aromatic rings. The lowest BCUT2D eigenvalue weighted by atomic mass is 10.2. The number of thiocarbonyl (C=S) groups is 1. The van der Waals surface area contributed by atoms with Crippen molar-refractivity contribution in [2.75, 3.05) is 19.6 Å². The summed E-state index contributed by atoms with van der Waals surface area (Å²) in [5.41, 5.74) is 5.42. The van der Waals surface area contributed by atoms with Crippen LogP contribution in [0.15, 0.2) is 0 Å². The molecule has 0 radical (unpaired) electrons. The number of carbonyl (C=O) groups is 1. The van der Waals surface area contributed by atoms with Crippen LogP contribution in [-0.4, -0.2) is 35.6 Å². The fraction of sp³-hybridized carbons (Fsp3) is 0.800. The molecule has 0 spiro atoms. The topological polar surface area (TPSA) is 58.4 Å². The van der Waals surface area contributed by atoms with Gasteiger partial charge in [0.1, 0.15) is 0 Å². The first-order valence-electron chi connectivity index (χ1n) is 5.28. The molecule has 0 aromatic carbocycles. The fourth-order valence-corrected chi connectivity index (χ4v) is 1.32. The highest BCUT2D eigenvalue weighted by atomic mass is 32.1. The third kappa shape index (κ3) is 7.13. The van der Waals surface area contributed by atoms with Gasteiger partial charge in [-0.3, -0.25) is 0 Å². The second kappa shape index (κ2) is 7.45. The van der Waals surface area contributed by atoms with E-state index in [1.807, 2.05) is 6.92 Å². The average Bonchev–Trinajstić information content (AvgIpc) is 2.11. The first kappa shape index (κ1) is 14.2. The second-order valence-electron chi connectivity index (χ2n) is 3.89. The van der Waals surface area contributed by atoms with Gasteiger partial charge in [0.2, 0.25) is 0 Å². The number of carbonyl (C=O) groups excluding carboxylic acids is 1. The molecule has 0 atom stereocenters. The van der Waals surface area contributed by atoms with Gasteiger partial charge in [-0.2, -0.15) is 0 Å². The van der Waals surface area contributed by atoms with Gasteiger partial charge >= 0.3 is 6.03 Å². The Kier molecular flexibility index (Phi) is 7.03. The molecule has 2 amide bonds. The molecule has 0 rings (SSSR count). The summed E-state index contributed by atoms with van der Waals surface area (Å²) < 4.78 is 0. The van der Waals surface area contributed by atoms with Crippen LogP contribution in [0.1, 0.15) is 27.2 Å². The number of nitrogens with zero attached hydrogens (tertiary/aromatic N) is 1. The summed E-state index contributed by atoms with van der Waals surface area (Å²) in [6.45, 7) is 8.02. The highest BCUT2D eigenvalue weighted by Crippen LogP contribution is 2.00. The summed E-state index contributed by atoms with van der Waals surface area (Å²) in [5, 5.41) is 2.78. The molecule has 0 aliphatic carbocycles. The van der Waals surface area contributed by atoms with Crippen molar-refractivity contribution in [3.63, 3.8) is 0 Å². The third-order valence-electron chi connectivity index (χ3n) is 1.83. The number of rotatable bonds is 6. The number of hydrogen-bond acceptors (Lipinski definition) is 2. The van der Waals surface area contributed by atoms with Crippen LogP contribution < -0.4 is 11.1 Å². The van der Waals surface area contributed by atoms with Gasteiger partial charge in [-0.05, 0) is 12.8 Å². The molecule has 3 N–H and O–H groups in total. The van der Waals surface area contributed by atoms with E-state index >= 15 is 0 Å². The summed E-state index contributed by atoms with van der Waals surface area (Å²) in [6, 6.07) is -0.0394. The van der Waals surface area contributed by atoms with Crippen LogP contribution in [0.25, 0.3) is 0 Å². The lowest BCUT2D eigenvalue weighted by Crippen LogP contribution is -2.43. The molecule has 5 heteroatoms. The largest absolute Gasteiger partial charge is 0.393 e. The lowest BCUT2D eigenvalue weighted by molar-refractivity contribution is 0.193. The molecule has 0 bridgehead atoms. The molecule has 0 heterocycles. The van der Waals surface area contributed by atoms with Crippen LogP contribution in [0.2, 0.25) is 0 Å². The zero-order valence-electron chi connectivity index (χ0n) is 9.75. The standard InChI is InChI=1S/C10H21N3OS/c1-4-12-10(14)13(7-8(2)3)6-5-9(11)15/h8H,4-7H2,1-3H3,(H2,11,15)(H,12,14). The van der Waals surface area contributed by atoms with E-state index < -0.39 is 0 Å². The van der Waals surface area contributed by atoms with Crippen molar-refractivity contribution < 1.29 is 4.79 Å². The molecule has 0 fully saturated rings.